The van der Waals surface area contributed by atoms with Crippen LogP contribution in [-0.2, 0) is 25.4 Å². The predicted molar refractivity (Wildman–Crippen MR) is 89.7 cm³/mol. The van der Waals surface area contributed by atoms with Crippen molar-refractivity contribution in [1.82, 2.24) is 5.32 Å². The zero-order chi connectivity index (χ0) is 17.4. The van der Waals surface area contributed by atoms with Gasteiger partial charge in [0.2, 0.25) is 5.91 Å². The lowest BCUT2D eigenvalue weighted by Gasteiger charge is -2.26. The summed E-state index contributed by atoms with van der Waals surface area (Å²) in [6.07, 6.45) is 1.55. The molecule has 2 unspecified atom stereocenters. The first-order valence-electron chi connectivity index (χ1n) is 7.99. The molecule has 9 heteroatoms. The minimum atomic E-state index is -1.31. The fraction of sp³-hybridized carbons (Fsp3) is 0.600. The zero-order valence-electron chi connectivity index (χ0n) is 13.3. The van der Waals surface area contributed by atoms with Crippen LogP contribution in [0.4, 0.5) is 0 Å². The Hall–Kier alpha value is -1.42. The van der Waals surface area contributed by atoms with Gasteiger partial charge in [0.25, 0.3) is 0 Å². The van der Waals surface area contributed by atoms with Crippen molar-refractivity contribution in [3.05, 3.63) is 22.4 Å². The Morgan fingerprint density at radius 1 is 1.42 bits per heavy atom. The standard InChI is InChI=1S/C15H22BNO6S/c18-14(9-12-5-3-7-24-12)17-13-10-22-6-2-1-4-11(8-15(19)20)23-16(13)21/h3,5,7,11,13,21H,1-2,4,6,8-10H2,(H,17,18)(H,19,20). The summed E-state index contributed by atoms with van der Waals surface area (Å²) in [5.74, 6) is -1.94. The molecule has 7 nitrogen and oxygen atoms in total. The highest BCUT2D eigenvalue weighted by Crippen LogP contribution is 2.14. The lowest BCUT2D eigenvalue weighted by Crippen LogP contribution is -2.52. The number of amides is 1. The fourth-order valence-corrected chi connectivity index (χ4v) is 3.22. The van der Waals surface area contributed by atoms with Crippen molar-refractivity contribution in [3.8, 4) is 0 Å². The molecule has 1 aliphatic heterocycles. The van der Waals surface area contributed by atoms with Crippen molar-refractivity contribution < 1.29 is 29.1 Å². The molecule has 2 rings (SSSR count). The van der Waals surface area contributed by atoms with Crippen LogP contribution in [0.2, 0.25) is 0 Å². The number of hydrogen-bond donors (Lipinski definition) is 3. The van der Waals surface area contributed by atoms with E-state index in [9.17, 15) is 14.6 Å². The summed E-state index contributed by atoms with van der Waals surface area (Å²) < 4.78 is 10.9. The Bertz CT molecular complexity index is 526. The molecule has 24 heavy (non-hydrogen) atoms. The molecule has 1 aromatic heterocycles. The molecular weight excluding hydrogens is 333 g/mol. The third kappa shape index (κ3) is 6.60. The van der Waals surface area contributed by atoms with E-state index in [0.717, 1.165) is 17.7 Å². The van der Waals surface area contributed by atoms with Gasteiger partial charge in [0, 0.05) is 11.5 Å². The molecule has 1 saturated heterocycles. The molecule has 0 radical (unpaired) electrons. The van der Waals surface area contributed by atoms with Crippen LogP contribution in [-0.4, -0.2) is 54.4 Å². The first-order chi connectivity index (χ1) is 11.5. The number of hydrogen-bond acceptors (Lipinski definition) is 6. The first kappa shape index (κ1) is 18.9. The van der Waals surface area contributed by atoms with Gasteiger partial charge in [-0.05, 0) is 30.7 Å². The van der Waals surface area contributed by atoms with Crippen LogP contribution in [0.1, 0.15) is 30.6 Å². The lowest BCUT2D eigenvalue weighted by atomic mass is 9.78. The molecule has 2 heterocycles. The van der Waals surface area contributed by atoms with Crippen molar-refractivity contribution in [2.24, 2.45) is 0 Å². The van der Waals surface area contributed by atoms with Crippen LogP contribution in [0, 0.1) is 0 Å². The largest absolute Gasteiger partial charge is 0.481 e. The molecule has 0 saturated carbocycles. The lowest BCUT2D eigenvalue weighted by molar-refractivity contribution is -0.139. The summed E-state index contributed by atoms with van der Waals surface area (Å²) in [7, 11) is -1.31. The van der Waals surface area contributed by atoms with Gasteiger partial charge in [0.1, 0.15) is 0 Å². The SMILES string of the molecule is O=C(O)CC1CCCCOCC(NC(=O)Cc2cccs2)B(O)O1. The smallest absolute Gasteiger partial charge is 0.480 e. The van der Waals surface area contributed by atoms with Crippen molar-refractivity contribution in [2.45, 2.75) is 44.1 Å². The van der Waals surface area contributed by atoms with E-state index in [1.165, 1.54) is 11.3 Å². The highest BCUT2D eigenvalue weighted by Gasteiger charge is 2.32. The number of nitrogens with one attached hydrogen (secondary N) is 1. The number of ether oxygens (including phenoxy) is 1. The average Bonchev–Trinajstić information content (AvgIpc) is 3.01. The van der Waals surface area contributed by atoms with E-state index in [-0.39, 0.29) is 25.4 Å². The average molecular weight is 355 g/mol. The molecule has 1 aliphatic rings. The molecule has 1 aromatic rings. The molecule has 1 amide bonds. The van der Waals surface area contributed by atoms with E-state index >= 15 is 0 Å². The number of aliphatic carboxylic acids is 1. The van der Waals surface area contributed by atoms with Gasteiger partial charge in [0.15, 0.2) is 0 Å². The van der Waals surface area contributed by atoms with Gasteiger partial charge in [-0.1, -0.05) is 6.07 Å². The normalized spacial score (nSPS) is 22.8. The van der Waals surface area contributed by atoms with Crippen LogP contribution in [0.15, 0.2) is 17.5 Å². The number of carbonyl (C=O) groups is 2. The van der Waals surface area contributed by atoms with E-state index < -0.39 is 25.1 Å². The van der Waals surface area contributed by atoms with Gasteiger partial charge in [-0.25, -0.2) is 0 Å². The molecule has 0 spiro atoms. The molecule has 1 fully saturated rings. The van der Waals surface area contributed by atoms with Gasteiger partial charge in [-0.3, -0.25) is 9.59 Å². The van der Waals surface area contributed by atoms with E-state index in [1.54, 1.807) is 0 Å². The van der Waals surface area contributed by atoms with Gasteiger partial charge < -0.3 is 24.8 Å². The second-order valence-electron chi connectivity index (χ2n) is 5.75. The maximum atomic E-state index is 12.1. The molecule has 3 N–H and O–H groups in total. The van der Waals surface area contributed by atoms with Gasteiger partial charge in [-0.15, -0.1) is 11.3 Å². The zero-order valence-corrected chi connectivity index (χ0v) is 14.2. The monoisotopic (exact) mass is 355 g/mol. The molecule has 0 bridgehead atoms. The summed E-state index contributed by atoms with van der Waals surface area (Å²) in [4.78, 5) is 23.9. The Kier molecular flexibility index (Phi) is 7.71. The fourth-order valence-electron chi connectivity index (χ4n) is 2.52. The molecule has 132 valence electrons. The summed E-state index contributed by atoms with van der Waals surface area (Å²) >= 11 is 1.48. The van der Waals surface area contributed by atoms with Gasteiger partial charge in [-0.2, -0.15) is 0 Å². The maximum Gasteiger partial charge on any atom is 0.480 e. The number of carboxylic acids is 1. The summed E-state index contributed by atoms with van der Waals surface area (Å²) in [6.45, 7) is 0.626. The van der Waals surface area contributed by atoms with Crippen molar-refractivity contribution in [2.75, 3.05) is 13.2 Å². The predicted octanol–water partition coefficient (Wildman–Crippen LogP) is 0.855. The topological polar surface area (TPSA) is 105 Å². The highest BCUT2D eigenvalue weighted by atomic mass is 32.1. The van der Waals surface area contributed by atoms with Crippen molar-refractivity contribution >= 4 is 30.3 Å². The molecule has 2 atom stereocenters. The highest BCUT2D eigenvalue weighted by molar-refractivity contribution is 7.10. The van der Waals surface area contributed by atoms with Crippen LogP contribution in [0.5, 0.6) is 0 Å². The minimum Gasteiger partial charge on any atom is -0.481 e. The maximum absolute atomic E-state index is 12.1. The van der Waals surface area contributed by atoms with Crippen molar-refractivity contribution in [1.29, 1.82) is 0 Å². The quantitative estimate of drug-likeness (QED) is 0.677. The minimum absolute atomic E-state index is 0.122. The van der Waals surface area contributed by atoms with Gasteiger partial charge >= 0.3 is 13.1 Å². The second-order valence-corrected chi connectivity index (χ2v) is 6.78. The van der Waals surface area contributed by atoms with Crippen LogP contribution in [0.3, 0.4) is 0 Å². The third-order valence-corrected chi connectivity index (χ3v) is 4.58. The molecule has 0 aromatic carbocycles. The van der Waals surface area contributed by atoms with Crippen LogP contribution in [0.25, 0.3) is 0 Å². The Balaban J connectivity index is 1.94. The Labute approximate surface area is 145 Å². The number of rotatable bonds is 5. The van der Waals surface area contributed by atoms with Gasteiger partial charge in [0.05, 0.1) is 31.5 Å². The van der Waals surface area contributed by atoms with E-state index in [1.807, 2.05) is 17.5 Å². The van der Waals surface area contributed by atoms with E-state index in [2.05, 4.69) is 5.32 Å². The Morgan fingerprint density at radius 3 is 2.96 bits per heavy atom. The third-order valence-electron chi connectivity index (χ3n) is 3.70. The number of carbonyl (C=O) groups excluding carboxylic acids is 1. The van der Waals surface area contributed by atoms with Crippen molar-refractivity contribution in [3.63, 3.8) is 0 Å². The van der Waals surface area contributed by atoms with Crippen LogP contribution < -0.4 is 5.32 Å². The first-order valence-corrected chi connectivity index (χ1v) is 8.87. The molecule has 0 aliphatic carbocycles. The Morgan fingerprint density at radius 2 is 2.25 bits per heavy atom. The summed E-state index contributed by atoms with van der Waals surface area (Å²) in [5, 5.41) is 23.8. The molecular formula is C15H22BNO6S. The van der Waals surface area contributed by atoms with E-state index in [4.69, 9.17) is 14.5 Å². The van der Waals surface area contributed by atoms with E-state index in [0.29, 0.717) is 13.0 Å². The number of carboxylic acid groups (broad SMARTS) is 1. The second kappa shape index (κ2) is 9.78. The summed E-state index contributed by atoms with van der Waals surface area (Å²) in [6, 6.07) is 3.73. The summed E-state index contributed by atoms with van der Waals surface area (Å²) in [5.41, 5.74) is 0. The van der Waals surface area contributed by atoms with Crippen LogP contribution >= 0.6 is 11.3 Å². The number of thiophene rings is 1.